The number of aromatic amines is 1. The van der Waals surface area contributed by atoms with Crippen molar-refractivity contribution in [3.05, 3.63) is 65.5 Å². The van der Waals surface area contributed by atoms with Gasteiger partial charge in [-0.25, -0.2) is 4.98 Å². The van der Waals surface area contributed by atoms with E-state index in [0.29, 0.717) is 12.0 Å². The third-order valence-corrected chi connectivity index (χ3v) is 4.02. The number of H-pyrrole nitrogens is 1. The van der Waals surface area contributed by atoms with Crippen molar-refractivity contribution in [1.29, 1.82) is 0 Å². The Morgan fingerprint density at radius 3 is 2.71 bits per heavy atom. The van der Waals surface area contributed by atoms with Crippen LogP contribution >= 0.6 is 0 Å². The normalized spacial score (nSPS) is 10.7. The van der Waals surface area contributed by atoms with Gasteiger partial charge in [0, 0.05) is 12.0 Å². The molecule has 0 unspecified atom stereocenters. The highest BCUT2D eigenvalue weighted by Gasteiger charge is 2.11. The Morgan fingerprint density at radius 1 is 1.12 bits per heavy atom. The minimum absolute atomic E-state index is 0.00753. The summed E-state index contributed by atoms with van der Waals surface area (Å²) in [6.45, 7) is 2.09. The van der Waals surface area contributed by atoms with Gasteiger partial charge in [0.05, 0.1) is 23.9 Å². The van der Waals surface area contributed by atoms with Crippen LogP contribution < -0.4 is 5.32 Å². The van der Waals surface area contributed by atoms with Gasteiger partial charge in [0.25, 0.3) is 5.91 Å². The minimum Gasteiger partial charge on any atom is -0.345 e. The molecule has 0 bridgehead atoms. The van der Waals surface area contributed by atoms with Gasteiger partial charge in [0.15, 0.2) is 5.78 Å². The number of ketones is 1. The molecule has 0 radical (unpaired) electrons. The molecule has 0 saturated carbocycles. The van der Waals surface area contributed by atoms with Crippen molar-refractivity contribution >= 4 is 22.7 Å². The van der Waals surface area contributed by atoms with Crippen LogP contribution in [0.15, 0.2) is 48.8 Å². The molecule has 5 heteroatoms. The molecule has 2 aromatic carbocycles. The number of Topliss-reactive ketones (excluding diaryl/α,β-unsaturated/α-hetero) is 1. The number of carbonyl (C=O) groups excluding carboxylic acids is 2. The van der Waals surface area contributed by atoms with Crippen molar-refractivity contribution in [2.24, 2.45) is 0 Å². The second-order valence-corrected chi connectivity index (χ2v) is 5.65. The van der Waals surface area contributed by atoms with Crippen molar-refractivity contribution in [2.75, 3.05) is 6.54 Å². The number of imidazole rings is 1. The van der Waals surface area contributed by atoms with Crippen LogP contribution in [0.1, 0.15) is 28.4 Å². The zero-order valence-electron chi connectivity index (χ0n) is 13.5. The van der Waals surface area contributed by atoms with E-state index in [1.165, 1.54) is 5.56 Å². The summed E-state index contributed by atoms with van der Waals surface area (Å²) >= 11 is 0. The number of aromatic nitrogens is 2. The molecule has 1 heterocycles. The van der Waals surface area contributed by atoms with Crippen molar-refractivity contribution in [2.45, 2.75) is 19.8 Å². The number of amides is 1. The number of nitrogens with one attached hydrogen (secondary N) is 2. The van der Waals surface area contributed by atoms with Crippen LogP contribution in [0, 0.1) is 0 Å². The molecule has 122 valence electrons. The lowest BCUT2D eigenvalue weighted by Gasteiger charge is -2.08. The Labute approximate surface area is 140 Å². The molecule has 0 aliphatic heterocycles. The monoisotopic (exact) mass is 321 g/mol. The van der Waals surface area contributed by atoms with Gasteiger partial charge in [-0.05, 0) is 35.7 Å². The molecule has 1 amide bonds. The summed E-state index contributed by atoms with van der Waals surface area (Å²) in [4.78, 5) is 31.4. The summed E-state index contributed by atoms with van der Waals surface area (Å²) in [6.07, 6.45) is 2.81. The third kappa shape index (κ3) is 3.51. The van der Waals surface area contributed by atoms with Gasteiger partial charge in [-0.1, -0.05) is 31.2 Å². The smallest absolute Gasteiger partial charge is 0.251 e. The second kappa shape index (κ2) is 7.08. The van der Waals surface area contributed by atoms with Crippen LogP contribution in [0.25, 0.3) is 11.0 Å². The largest absolute Gasteiger partial charge is 0.345 e. The highest BCUT2D eigenvalue weighted by atomic mass is 16.2. The fraction of sp³-hybridized carbons (Fsp3) is 0.211. The Bertz CT molecular complexity index is 883. The first-order valence-corrected chi connectivity index (χ1v) is 7.97. The highest BCUT2D eigenvalue weighted by Crippen LogP contribution is 2.12. The summed E-state index contributed by atoms with van der Waals surface area (Å²) in [5, 5.41) is 2.69. The zero-order valence-corrected chi connectivity index (χ0v) is 13.5. The molecule has 3 aromatic rings. The van der Waals surface area contributed by atoms with E-state index < -0.39 is 0 Å². The summed E-state index contributed by atoms with van der Waals surface area (Å²) in [5.74, 6) is -0.268. The van der Waals surface area contributed by atoms with Crippen LogP contribution in [-0.4, -0.2) is 28.2 Å². The molecule has 0 aliphatic carbocycles. The first kappa shape index (κ1) is 15.9. The van der Waals surface area contributed by atoms with E-state index in [4.69, 9.17) is 0 Å². The molecule has 0 atom stereocenters. The molecule has 0 saturated heterocycles. The maximum Gasteiger partial charge on any atom is 0.251 e. The molecule has 5 nitrogen and oxygen atoms in total. The average Bonchev–Trinajstić information content (AvgIpc) is 3.07. The van der Waals surface area contributed by atoms with E-state index in [2.05, 4.69) is 22.2 Å². The maximum absolute atomic E-state index is 12.2. The molecule has 0 fully saturated rings. The van der Waals surface area contributed by atoms with E-state index >= 15 is 0 Å². The fourth-order valence-corrected chi connectivity index (χ4v) is 2.71. The predicted molar refractivity (Wildman–Crippen MR) is 93.0 cm³/mol. The molecular weight excluding hydrogens is 302 g/mol. The maximum atomic E-state index is 12.2. The van der Waals surface area contributed by atoms with Crippen LogP contribution in [0.5, 0.6) is 0 Å². The lowest BCUT2D eigenvalue weighted by Crippen LogP contribution is -2.30. The van der Waals surface area contributed by atoms with E-state index in [1.807, 2.05) is 24.3 Å². The molecule has 0 spiro atoms. The predicted octanol–water partition coefficient (Wildman–Crippen LogP) is 2.67. The second-order valence-electron chi connectivity index (χ2n) is 5.65. The summed E-state index contributed by atoms with van der Waals surface area (Å²) in [6, 6.07) is 13.1. The first-order valence-electron chi connectivity index (χ1n) is 7.97. The highest BCUT2D eigenvalue weighted by molar-refractivity contribution is 5.99. The number of rotatable bonds is 6. The van der Waals surface area contributed by atoms with E-state index in [9.17, 15) is 9.59 Å². The van der Waals surface area contributed by atoms with E-state index in [-0.39, 0.29) is 18.2 Å². The third-order valence-electron chi connectivity index (χ3n) is 4.02. The number of hydrogen-bond acceptors (Lipinski definition) is 3. The van der Waals surface area contributed by atoms with Crippen molar-refractivity contribution in [1.82, 2.24) is 15.3 Å². The Balaban J connectivity index is 1.60. The standard InChI is InChI=1S/C19H19N3O2/c1-2-13-5-3-4-6-14(13)9-16(23)11-20-19(24)15-7-8-17-18(10-15)22-12-21-17/h3-8,10,12H,2,9,11H2,1H3,(H,20,24)(H,21,22). The van der Waals surface area contributed by atoms with Gasteiger partial charge < -0.3 is 10.3 Å². The summed E-state index contributed by atoms with van der Waals surface area (Å²) < 4.78 is 0. The van der Waals surface area contributed by atoms with Gasteiger partial charge in [-0.2, -0.15) is 0 Å². The minimum atomic E-state index is -0.261. The average molecular weight is 321 g/mol. The van der Waals surface area contributed by atoms with Crippen LogP contribution in [-0.2, 0) is 17.6 Å². The number of benzene rings is 2. The Hall–Kier alpha value is -2.95. The summed E-state index contributed by atoms with van der Waals surface area (Å²) in [7, 11) is 0. The van der Waals surface area contributed by atoms with Gasteiger partial charge in [0.1, 0.15) is 0 Å². The number of hydrogen-bond donors (Lipinski definition) is 2. The number of fused-ring (bicyclic) bond motifs is 1. The molecule has 1 aromatic heterocycles. The summed E-state index contributed by atoms with van der Waals surface area (Å²) in [5.41, 5.74) is 4.30. The number of aryl methyl sites for hydroxylation is 1. The Kier molecular flexibility index (Phi) is 4.70. The van der Waals surface area contributed by atoms with Gasteiger partial charge in [-0.15, -0.1) is 0 Å². The van der Waals surface area contributed by atoms with Crippen LogP contribution in [0.4, 0.5) is 0 Å². The van der Waals surface area contributed by atoms with Gasteiger partial charge in [-0.3, -0.25) is 9.59 Å². The van der Waals surface area contributed by atoms with Gasteiger partial charge in [0.2, 0.25) is 0 Å². The quantitative estimate of drug-likeness (QED) is 0.733. The van der Waals surface area contributed by atoms with Crippen LogP contribution in [0.3, 0.4) is 0 Å². The number of nitrogens with zero attached hydrogens (tertiary/aromatic N) is 1. The van der Waals surface area contributed by atoms with E-state index in [1.54, 1.807) is 24.5 Å². The molecule has 24 heavy (non-hydrogen) atoms. The van der Waals surface area contributed by atoms with Crippen molar-refractivity contribution in [3.8, 4) is 0 Å². The van der Waals surface area contributed by atoms with Crippen molar-refractivity contribution < 1.29 is 9.59 Å². The molecule has 0 aliphatic rings. The SMILES string of the molecule is CCc1ccccc1CC(=O)CNC(=O)c1ccc2nc[nH]c2c1. The number of carbonyl (C=O) groups is 2. The van der Waals surface area contributed by atoms with Gasteiger partial charge >= 0.3 is 0 Å². The molecule has 3 rings (SSSR count). The topological polar surface area (TPSA) is 74.8 Å². The zero-order chi connectivity index (χ0) is 16.9. The molecular formula is C19H19N3O2. The lowest BCUT2D eigenvalue weighted by atomic mass is 10.0. The lowest BCUT2D eigenvalue weighted by molar-refractivity contribution is -0.117. The Morgan fingerprint density at radius 2 is 1.92 bits per heavy atom. The van der Waals surface area contributed by atoms with Crippen LogP contribution in [0.2, 0.25) is 0 Å². The first-order chi connectivity index (χ1) is 11.7. The van der Waals surface area contributed by atoms with Crippen molar-refractivity contribution in [3.63, 3.8) is 0 Å². The fourth-order valence-electron chi connectivity index (χ4n) is 2.71. The van der Waals surface area contributed by atoms with E-state index in [0.717, 1.165) is 23.0 Å². The molecule has 2 N–H and O–H groups in total.